The van der Waals surface area contributed by atoms with Crippen molar-refractivity contribution in [2.45, 2.75) is 6.92 Å². The first-order valence-electron chi connectivity index (χ1n) is 4.77. The molecule has 0 fully saturated rings. The topological polar surface area (TPSA) is 59.8 Å². The van der Waals surface area contributed by atoms with E-state index in [0.717, 1.165) is 16.7 Å². The number of aromatic nitrogens is 3. The molecule has 0 aliphatic heterocycles. The molecule has 0 aliphatic rings. The molecular weight excluding hydrogens is 272 g/mol. The van der Waals surface area contributed by atoms with Gasteiger partial charge in [0.2, 0.25) is 5.91 Å². The lowest BCUT2D eigenvalue weighted by Crippen LogP contribution is -2.12. The van der Waals surface area contributed by atoms with E-state index in [0.29, 0.717) is 5.69 Å². The third-order valence-corrected chi connectivity index (χ3v) is 2.78. The average molecular weight is 283 g/mol. The van der Waals surface area contributed by atoms with E-state index in [2.05, 4.69) is 31.3 Å². The molecule has 2 aromatic rings. The normalized spacial score (nSPS) is 10.7. The fourth-order valence-electron chi connectivity index (χ4n) is 1.57. The van der Waals surface area contributed by atoms with E-state index >= 15 is 0 Å². The van der Waals surface area contributed by atoms with Gasteiger partial charge in [-0.25, -0.2) is 4.98 Å². The molecule has 0 spiro atoms. The Hall–Kier alpha value is -1.43. The number of anilines is 1. The van der Waals surface area contributed by atoms with Gasteiger partial charge in [0.15, 0.2) is 5.65 Å². The summed E-state index contributed by atoms with van der Waals surface area (Å²) in [5, 5.41) is 8.23. The molecule has 0 aliphatic carbocycles. The first-order chi connectivity index (χ1) is 7.61. The van der Waals surface area contributed by atoms with E-state index in [9.17, 15) is 4.79 Å². The minimum atomic E-state index is -0.0947. The number of rotatable bonds is 2. The maximum absolute atomic E-state index is 11.2. The zero-order valence-electron chi connectivity index (χ0n) is 8.99. The highest BCUT2D eigenvalue weighted by Crippen LogP contribution is 2.19. The summed E-state index contributed by atoms with van der Waals surface area (Å²) < 4.78 is 1.72. The first-order valence-corrected chi connectivity index (χ1v) is 5.89. The number of carbonyl (C=O) groups excluding carboxylic acids is 1. The molecule has 0 aromatic carbocycles. The molecule has 6 heteroatoms. The number of nitrogens with zero attached hydrogens (tertiary/aromatic N) is 3. The predicted molar refractivity (Wildman–Crippen MR) is 65.7 cm³/mol. The summed E-state index contributed by atoms with van der Waals surface area (Å²) >= 11 is 3.09. The molecular formula is C10H11BrN4O. The number of amides is 1. The Morgan fingerprint density at radius 2 is 2.38 bits per heavy atom. The van der Waals surface area contributed by atoms with Crippen molar-refractivity contribution in [1.82, 2.24) is 14.8 Å². The van der Waals surface area contributed by atoms with Crippen molar-refractivity contribution < 1.29 is 4.79 Å². The smallest absolute Gasteiger partial charge is 0.235 e. The highest BCUT2D eigenvalue weighted by Gasteiger charge is 2.08. The zero-order valence-corrected chi connectivity index (χ0v) is 10.6. The fraction of sp³-hybridized carbons (Fsp3) is 0.300. The molecule has 0 saturated carbocycles. The van der Waals surface area contributed by atoms with Crippen LogP contribution in [-0.2, 0) is 11.8 Å². The molecule has 1 amide bonds. The van der Waals surface area contributed by atoms with Crippen LogP contribution in [0.25, 0.3) is 11.0 Å². The number of aryl methyl sites for hydroxylation is 2. The average Bonchev–Trinajstić information content (AvgIpc) is 2.54. The number of pyridine rings is 1. The Labute approximate surface area is 101 Å². The van der Waals surface area contributed by atoms with Gasteiger partial charge in [-0.1, -0.05) is 15.9 Å². The Bertz CT molecular complexity index is 549. The molecule has 2 aromatic heterocycles. The maximum atomic E-state index is 11.2. The summed E-state index contributed by atoms with van der Waals surface area (Å²) in [6, 6.07) is 1.88. The van der Waals surface area contributed by atoms with Crippen LogP contribution in [-0.4, -0.2) is 26.0 Å². The van der Waals surface area contributed by atoms with Crippen molar-refractivity contribution in [2.75, 3.05) is 10.6 Å². The van der Waals surface area contributed by atoms with Gasteiger partial charge >= 0.3 is 0 Å². The van der Waals surface area contributed by atoms with Gasteiger partial charge in [0.1, 0.15) is 0 Å². The quantitative estimate of drug-likeness (QED) is 0.852. The van der Waals surface area contributed by atoms with Gasteiger partial charge in [-0.05, 0) is 13.0 Å². The number of carbonyl (C=O) groups is 1. The zero-order chi connectivity index (χ0) is 11.7. The maximum Gasteiger partial charge on any atom is 0.235 e. The van der Waals surface area contributed by atoms with Crippen molar-refractivity contribution in [3.8, 4) is 0 Å². The summed E-state index contributed by atoms with van der Waals surface area (Å²) in [6.07, 6.45) is 1.63. The highest BCUT2D eigenvalue weighted by molar-refractivity contribution is 9.09. The molecule has 0 atom stereocenters. The van der Waals surface area contributed by atoms with Gasteiger partial charge in [-0.15, -0.1) is 0 Å². The van der Waals surface area contributed by atoms with Crippen LogP contribution >= 0.6 is 15.9 Å². The van der Waals surface area contributed by atoms with Crippen molar-refractivity contribution in [3.63, 3.8) is 0 Å². The van der Waals surface area contributed by atoms with Crippen LogP contribution in [0.15, 0.2) is 12.3 Å². The van der Waals surface area contributed by atoms with Crippen LogP contribution < -0.4 is 5.32 Å². The van der Waals surface area contributed by atoms with Crippen LogP contribution in [0.2, 0.25) is 0 Å². The monoisotopic (exact) mass is 282 g/mol. The Kier molecular flexibility index (Phi) is 2.91. The van der Waals surface area contributed by atoms with E-state index in [1.54, 1.807) is 10.9 Å². The summed E-state index contributed by atoms with van der Waals surface area (Å²) in [5.41, 5.74) is 2.40. The van der Waals surface area contributed by atoms with Crippen LogP contribution in [0.3, 0.4) is 0 Å². The lowest BCUT2D eigenvalue weighted by Gasteiger charge is -2.02. The van der Waals surface area contributed by atoms with E-state index in [-0.39, 0.29) is 11.2 Å². The summed E-state index contributed by atoms with van der Waals surface area (Å²) in [5.74, 6) is -0.0947. The lowest BCUT2D eigenvalue weighted by atomic mass is 10.2. The number of alkyl halides is 1. The number of halogens is 1. The Morgan fingerprint density at radius 3 is 3.06 bits per heavy atom. The second kappa shape index (κ2) is 4.21. The van der Waals surface area contributed by atoms with Crippen LogP contribution in [0.4, 0.5) is 5.69 Å². The molecule has 84 valence electrons. The third-order valence-electron chi connectivity index (χ3n) is 2.27. The number of hydrogen-bond donors (Lipinski definition) is 1. The van der Waals surface area contributed by atoms with E-state index < -0.39 is 0 Å². The molecule has 5 nitrogen and oxygen atoms in total. The molecule has 2 heterocycles. The molecule has 2 rings (SSSR count). The van der Waals surface area contributed by atoms with Crippen molar-refractivity contribution in [2.24, 2.45) is 7.05 Å². The first kappa shape index (κ1) is 11.1. The largest absolute Gasteiger partial charge is 0.324 e. The van der Waals surface area contributed by atoms with Crippen molar-refractivity contribution in [3.05, 3.63) is 18.0 Å². The molecule has 16 heavy (non-hydrogen) atoms. The fourth-order valence-corrected chi connectivity index (χ4v) is 1.71. The highest BCUT2D eigenvalue weighted by atomic mass is 79.9. The van der Waals surface area contributed by atoms with Gasteiger partial charge < -0.3 is 5.32 Å². The van der Waals surface area contributed by atoms with Crippen molar-refractivity contribution in [1.29, 1.82) is 0 Å². The molecule has 0 saturated heterocycles. The van der Waals surface area contributed by atoms with E-state index in [4.69, 9.17) is 0 Å². The van der Waals surface area contributed by atoms with Gasteiger partial charge in [0.25, 0.3) is 0 Å². The SMILES string of the molecule is Cc1nn(C)c2ncc(NC(=O)CBr)cc12. The minimum Gasteiger partial charge on any atom is -0.324 e. The third kappa shape index (κ3) is 1.92. The summed E-state index contributed by atoms with van der Waals surface area (Å²) in [4.78, 5) is 15.5. The lowest BCUT2D eigenvalue weighted by molar-refractivity contribution is -0.113. The Morgan fingerprint density at radius 1 is 1.62 bits per heavy atom. The molecule has 0 radical (unpaired) electrons. The van der Waals surface area contributed by atoms with Crippen LogP contribution in [0, 0.1) is 6.92 Å². The Balaban J connectivity index is 2.43. The second-order valence-electron chi connectivity index (χ2n) is 3.49. The minimum absolute atomic E-state index is 0.0947. The van der Waals surface area contributed by atoms with E-state index in [1.165, 1.54) is 0 Å². The van der Waals surface area contributed by atoms with Crippen molar-refractivity contribution >= 4 is 38.6 Å². The number of fused-ring (bicyclic) bond motifs is 1. The number of hydrogen-bond acceptors (Lipinski definition) is 3. The molecule has 0 bridgehead atoms. The second-order valence-corrected chi connectivity index (χ2v) is 4.05. The van der Waals surface area contributed by atoms with Crippen LogP contribution in [0.5, 0.6) is 0 Å². The van der Waals surface area contributed by atoms with Crippen LogP contribution in [0.1, 0.15) is 5.69 Å². The standard InChI is InChI=1S/C10H11BrN4O/c1-6-8-3-7(13-9(16)4-11)5-12-10(8)15(2)14-6/h3,5H,4H2,1-2H3,(H,13,16). The van der Waals surface area contributed by atoms with Gasteiger partial charge in [0.05, 0.1) is 22.9 Å². The molecule has 1 N–H and O–H groups in total. The van der Waals surface area contributed by atoms with Gasteiger partial charge in [-0.3, -0.25) is 9.48 Å². The summed E-state index contributed by atoms with van der Waals surface area (Å²) in [6.45, 7) is 1.92. The van der Waals surface area contributed by atoms with E-state index in [1.807, 2.05) is 20.0 Å². The molecule has 0 unspecified atom stereocenters. The van der Waals surface area contributed by atoms with Gasteiger partial charge in [0, 0.05) is 12.4 Å². The predicted octanol–water partition coefficient (Wildman–Crippen LogP) is 1.61. The number of nitrogens with one attached hydrogen (secondary N) is 1. The summed E-state index contributed by atoms with van der Waals surface area (Å²) in [7, 11) is 1.85. The van der Waals surface area contributed by atoms with Gasteiger partial charge in [-0.2, -0.15) is 5.10 Å².